The maximum atomic E-state index is 13.1. The Kier molecular flexibility index (Phi) is 7.13. The number of carbonyl (C=O) groups is 2. The van der Waals surface area contributed by atoms with Crippen LogP contribution >= 0.6 is 0 Å². The molecule has 0 bridgehead atoms. The Labute approximate surface area is 193 Å². The fourth-order valence-corrected chi connectivity index (χ4v) is 3.46. The van der Waals surface area contributed by atoms with E-state index in [1.165, 1.54) is 0 Å². The van der Waals surface area contributed by atoms with Crippen molar-refractivity contribution in [2.45, 2.75) is 13.1 Å². The van der Waals surface area contributed by atoms with Crippen molar-refractivity contribution in [2.24, 2.45) is 0 Å². The van der Waals surface area contributed by atoms with E-state index in [2.05, 4.69) is 10.6 Å². The lowest BCUT2D eigenvalue weighted by molar-refractivity contribution is -0.144. The predicted octanol–water partition coefficient (Wildman–Crippen LogP) is 5.60. The number of nitrogens with zero attached hydrogens (tertiary/aromatic N) is 1. The van der Waals surface area contributed by atoms with Gasteiger partial charge in [-0.1, -0.05) is 78.9 Å². The number of hydrogen-bond donors (Lipinski definition) is 2. The van der Waals surface area contributed by atoms with Gasteiger partial charge in [-0.3, -0.25) is 9.59 Å². The molecular weight excluding hydrogens is 410 g/mol. The van der Waals surface area contributed by atoms with E-state index < -0.39 is 11.8 Å². The lowest BCUT2D eigenvalue weighted by Crippen LogP contribution is -2.38. The van der Waals surface area contributed by atoms with Crippen LogP contribution in [0.2, 0.25) is 0 Å². The second-order valence-corrected chi connectivity index (χ2v) is 7.65. The van der Waals surface area contributed by atoms with Crippen LogP contribution in [0.5, 0.6) is 0 Å². The second-order valence-electron chi connectivity index (χ2n) is 7.65. The van der Waals surface area contributed by atoms with Gasteiger partial charge in [0.05, 0.1) is 0 Å². The Hall–Kier alpha value is -4.38. The van der Waals surface area contributed by atoms with Crippen molar-refractivity contribution in [1.29, 1.82) is 0 Å². The summed E-state index contributed by atoms with van der Waals surface area (Å²) in [6.07, 6.45) is 0. The van der Waals surface area contributed by atoms with Crippen LogP contribution in [0.25, 0.3) is 0 Å². The Balaban J connectivity index is 1.43. The summed E-state index contributed by atoms with van der Waals surface area (Å²) in [5, 5.41) is 6.02. The molecule has 2 amide bonds. The Morgan fingerprint density at radius 1 is 0.545 bits per heavy atom. The van der Waals surface area contributed by atoms with Crippen LogP contribution in [0.15, 0.2) is 115 Å². The van der Waals surface area contributed by atoms with Gasteiger partial charge in [0.25, 0.3) is 0 Å². The normalized spacial score (nSPS) is 10.3. The number of hydrogen-bond acceptors (Lipinski definition) is 3. The van der Waals surface area contributed by atoms with Gasteiger partial charge >= 0.3 is 11.8 Å². The van der Waals surface area contributed by atoms with Gasteiger partial charge in [-0.05, 0) is 47.5 Å². The molecule has 0 fully saturated rings. The summed E-state index contributed by atoms with van der Waals surface area (Å²) in [4.78, 5) is 27.4. The lowest BCUT2D eigenvalue weighted by Gasteiger charge is -2.22. The van der Waals surface area contributed by atoms with E-state index in [1.807, 2.05) is 103 Å². The highest BCUT2D eigenvalue weighted by Gasteiger charge is 2.22. The summed E-state index contributed by atoms with van der Waals surface area (Å²) in [5.41, 5.74) is 4.35. The van der Waals surface area contributed by atoms with E-state index in [-0.39, 0.29) is 0 Å². The molecule has 0 aliphatic carbocycles. The first-order valence-corrected chi connectivity index (χ1v) is 10.8. The molecule has 4 aromatic carbocycles. The van der Waals surface area contributed by atoms with Gasteiger partial charge in [-0.2, -0.15) is 0 Å². The Bertz CT molecular complexity index is 1140. The molecule has 0 spiro atoms. The minimum Gasteiger partial charge on any atom is -0.356 e. The van der Waals surface area contributed by atoms with Gasteiger partial charge in [-0.15, -0.1) is 0 Å². The van der Waals surface area contributed by atoms with Crippen molar-refractivity contribution >= 4 is 28.9 Å². The van der Waals surface area contributed by atoms with Gasteiger partial charge in [0.2, 0.25) is 0 Å². The van der Waals surface area contributed by atoms with Gasteiger partial charge in [-0.25, -0.2) is 0 Å². The van der Waals surface area contributed by atoms with Crippen LogP contribution in [0.3, 0.4) is 0 Å². The molecule has 0 aliphatic rings. The van der Waals surface area contributed by atoms with Crippen LogP contribution in [0.1, 0.15) is 11.1 Å². The van der Waals surface area contributed by atoms with E-state index in [1.54, 1.807) is 17.0 Å². The molecule has 0 heterocycles. The monoisotopic (exact) mass is 435 g/mol. The first kappa shape index (κ1) is 21.8. The van der Waals surface area contributed by atoms with E-state index in [4.69, 9.17) is 0 Å². The largest absolute Gasteiger partial charge is 0.356 e. The summed E-state index contributed by atoms with van der Waals surface area (Å²) >= 11 is 0. The Morgan fingerprint density at radius 3 is 1.48 bits per heavy atom. The smallest absolute Gasteiger partial charge is 0.313 e. The molecule has 0 radical (unpaired) electrons. The molecule has 0 aromatic heterocycles. The molecule has 0 atom stereocenters. The van der Waals surface area contributed by atoms with Crippen LogP contribution in [-0.2, 0) is 22.7 Å². The third kappa shape index (κ3) is 6.31. The van der Waals surface area contributed by atoms with Gasteiger partial charge in [0.1, 0.15) is 0 Å². The fourth-order valence-electron chi connectivity index (χ4n) is 3.46. The highest BCUT2D eigenvalue weighted by atomic mass is 16.2. The first-order chi connectivity index (χ1) is 16.2. The fraction of sp³-hybridized carbons (Fsp3) is 0.0714. The zero-order valence-corrected chi connectivity index (χ0v) is 18.1. The molecule has 0 saturated heterocycles. The Morgan fingerprint density at radius 2 is 0.970 bits per heavy atom. The van der Waals surface area contributed by atoms with Crippen LogP contribution < -0.4 is 10.6 Å². The average Bonchev–Trinajstić information content (AvgIpc) is 2.86. The summed E-state index contributed by atoms with van der Waals surface area (Å²) in [6.45, 7) is 0.698. The molecule has 4 aromatic rings. The van der Waals surface area contributed by atoms with Gasteiger partial charge < -0.3 is 15.5 Å². The summed E-state index contributed by atoms with van der Waals surface area (Å²) in [5.74, 6) is -1.24. The van der Waals surface area contributed by atoms with E-state index in [0.717, 1.165) is 22.5 Å². The number of carbonyl (C=O) groups excluding carboxylic acids is 2. The first-order valence-electron chi connectivity index (χ1n) is 10.8. The number of anilines is 3. The minimum absolute atomic E-state index is 0.349. The number of rotatable bonds is 7. The van der Waals surface area contributed by atoms with Crippen LogP contribution in [-0.4, -0.2) is 16.7 Å². The summed E-state index contributed by atoms with van der Waals surface area (Å²) in [7, 11) is 0. The standard InChI is InChI=1S/C28H25N3O2/c32-27(30-26-18-16-25(17-19-26)29-24-14-8-3-9-15-24)28(33)31(20-22-10-4-1-5-11-22)21-23-12-6-2-7-13-23/h1-19,29H,20-21H2,(H,30,32). The minimum atomic E-state index is -0.661. The molecular formula is C28H25N3O2. The molecule has 33 heavy (non-hydrogen) atoms. The quantitative estimate of drug-likeness (QED) is 0.372. The van der Waals surface area contributed by atoms with E-state index in [9.17, 15) is 9.59 Å². The molecule has 164 valence electrons. The topological polar surface area (TPSA) is 61.4 Å². The maximum Gasteiger partial charge on any atom is 0.313 e. The zero-order chi connectivity index (χ0) is 22.9. The average molecular weight is 436 g/mol. The highest BCUT2D eigenvalue weighted by molar-refractivity contribution is 6.39. The zero-order valence-electron chi connectivity index (χ0n) is 18.1. The van der Waals surface area contributed by atoms with E-state index >= 15 is 0 Å². The lowest BCUT2D eigenvalue weighted by atomic mass is 10.1. The van der Waals surface area contributed by atoms with Crippen molar-refractivity contribution in [1.82, 2.24) is 4.90 Å². The predicted molar refractivity (Wildman–Crippen MR) is 132 cm³/mol. The van der Waals surface area contributed by atoms with Crippen molar-refractivity contribution in [3.05, 3.63) is 126 Å². The molecule has 4 rings (SSSR count). The SMILES string of the molecule is O=C(Nc1ccc(Nc2ccccc2)cc1)C(=O)N(Cc1ccccc1)Cc1ccccc1. The molecule has 0 saturated carbocycles. The van der Waals surface area contributed by atoms with Crippen LogP contribution in [0.4, 0.5) is 17.1 Å². The molecule has 5 nitrogen and oxygen atoms in total. The van der Waals surface area contributed by atoms with Crippen molar-refractivity contribution < 1.29 is 9.59 Å². The summed E-state index contributed by atoms with van der Waals surface area (Å²) < 4.78 is 0. The number of nitrogens with one attached hydrogen (secondary N) is 2. The molecule has 0 aliphatic heterocycles. The van der Waals surface area contributed by atoms with Crippen LogP contribution in [0, 0.1) is 0 Å². The second kappa shape index (κ2) is 10.8. The third-order valence-electron chi connectivity index (χ3n) is 5.12. The molecule has 2 N–H and O–H groups in total. The van der Waals surface area contributed by atoms with E-state index in [0.29, 0.717) is 18.8 Å². The number of benzene rings is 4. The van der Waals surface area contributed by atoms with Gasteiger partial charge in [0, 0.05) is 30.2 Å². The van der Waals surface area contributed by atoms with Crippen molar-refractivity contribution in [3.8, 4) is 0 Å². The highest BCUT2D eigenvalue weighted by Crippen LogP contribution is 2.19. The molecule has 5 heteroatoms. The maximum absolute atomic E-state index is 13.1. The molecule has 0 unspecified atom stereocenters. The third-order valence-corrected chi connectivity index (χ3v) is 5.12. The van der Waals surface area contributed by atoms with Crippen molar-refractivity contribution in [2.75, 3.05) is 10.6 Å². The number of amides is 2. The number of para-hydroxylation sites is 1. The van der Waals surface area contributed by atoms with Crippen molar-refractivity contribution in [3.63, 3.8) is 0 Å². The van der Waals surface area contributed by atoms with Gasteiger partial charge in [0.15, 0.2) is 0 Å². The summed E-state index contributed by atoms with van der Waals surface area (Å²) in [6, 6.07) is 36.4.